The molecule has 0 fully saturated rings. The van der Waals surface area contributed by atoms with Crippen molar-refractivity contribution >= 4 is 5.97 Å². The summed E-state index contributed by atoms with van der Waals surface area (Å²) in [4.78, 5) is 11.6. The van der Waals surface area contributed by atoms with Crippen LogP contribution in [-0.2, 0) is 9.53 Å². The number of rotatable bonds is 6. The van der Waals surface area contributed by atoms with Crippen LogP contribution in [0.5, 0.6) is 5.75 Å². The third kappa shape index (κ3) is 4.49. The number of carbonyl (C=O) groups excluding carboxylic acids is 1. The molecule has 0 aliphatic carbocycles. The standard InChI is InChI=1S/C17H23NO3/c1-12-10-15(13(2)9-14(12)11-18)21-8-6-7-17(3,4)16(19)20-5/h9-10H,6-8H2,1-5H3. The monoisotopic (exact) mass is 289 g/mol. The molecular weight excluding hydrogens is 266 g/mol. The summed E-state index contributed by atoms with van der Waals surface area (Å²) in [6, 6.07) is 5.89. The Morgan fingerprint density at radius 1 is 1.29 bits per heavy atom. The average Bonchev–Trinajstić information content (AvgIpc) is 2.45. The second kappa shape index (κ2) is 7.12. The Labute approximate surface area is 126 Å². The number of hydrogen-bond donors (Lipinski definition) is 0. The van der Waals surface area contributed by atoms with Crippen molar-refractivity contribution in [1.29, 1.82) is 5.26 Å². The van der Waals surface area contributed by atoms with Gasteiger partial charge >= 0.3 is 5.97 Å². The van der Waals surface area contributed by atoms with E-state index in [0.29, 0.717) is 18.6 Å². The first-order valence-corrected chi connectivity index (χ1v) is 7.04. The Kier molecular flexibility index (Phi) is 5.78. The maximum atomic E-state index is 11.6. The summed E-state index contributed by atoms with van der Waals surface area (Å²) >= 11 is 0. The zero-order chi connectivity index (χ0) is 16.0. The number of aryl methyl sites for hydroxylation is 2. The van der Waals surface area contributed by atoms with Gasteiger partial charge in [0.1, 0.15) is 5.75 Å². The minimum absolute atomic E-state index is 0.201. The molecule has 0 unspecified atom stereocenters. The van der Waals surface area contributed by atoms with E-state index in [4.69, 9.17) is 14.7 Å². The van der Waals surface area contributed by atoms with E-state index in [1.807, 2.05) is 39.8 Å². The van der Waals surface area contributed by atoms with Gasteiger partial charge in [-0.2, -0.15) is 5.26 Å². The fourth-order valence-electron chi connectivity index (χ4n) is 2.14. The third-order valence-corrected chi connectivity index (χ3v) is 3.58. The lowest BCUT2D eigenvalue weighted by Gasteiger charge is -2.21. The highest BCUT2D eigenvalue weighted by Crippen LogP contribution is 2.26. The number of nitrogens with zero attached hydrogens (tertiary/aromatic N) is 1. The Morgan fingerprint density at radius 3 is 2.52 bits per heavy atom. The molecule has 0 spiro atoms. The van der Waals surface area contributed by atoms with Crippen molar-refractivity contribution < 1.29 is 14.3 Å². The van der Waals surface area contributed by atoms with E-state index in [9.17, 15) is 4.79 Å². The van der Waals surface area contributed by atoms with Crippen LogP contribution in [0, 0.1) is 30.6 Å². The van der Waals surface area contributed by atoms with Crippen molar-refractivity contribution in [2.24, 2.45) is 5.41 Å². The summed E-state index contributed by atoms with van der Waals surface area (Å²) in [5.74, 6) is 0.593. The van der Waals surface area contributed by atoms with E-state index in [1.54, 1.807) is 0 Å². The third-order valence-electron chi connectivity index (χ3n) is 3.58. The number of carbonyl (C=O) groups is 1. The fraction of sp³-hybridized carbons (Fsp3) is 0.529. The van der Waals surface area contributed by atoms with Gasteiger partial charge in [0.25, 0.3) is 0 Å². The summed E-state index contributed by atoms with van der Waals surface area (Å²) in [7, 11) is 1.41. The number of ether oxygens (including phenoxy) is 2. The van der Waals surface area contributed by atoms with Crippen molar-refractivity contribution in [2.45, 2.75) is 40.5 Å². The second-order valence-corrected chi connectivity index (χ2v) is 5.87. The van der Waals surface area contributed by atoms with E-state index in [1.165, 1.54) is 7.11 Å². The van der Waals surface area contributed by atoms with E-state index in [0.717, 1.165) is 23.3 Å². The molecule has 4 heteroatoms. The van der Waals surface area contributed by atoms with Gasteiger partial charge in [0.15, 0.2) is 0 Å². The molecule has 0 saturated heterocycles. The molecule has 4 nitrogen and oxygen atoms in total. The SMILES string of the molecule is COC(=O)C(C)(C)CCCOc1cc(C)c(C#N)cc1C. The van der Waals surface area contributed by atoms with Gasteiger partial charge in [-0.15, -0.1) is 0 Å². The Morgan fingerprint density at radius 2 is 1.95 bits per heavy atom. The zero-order valence-electron chi connectivity index (χ0n) is 13.4. The lowest BCUT2D eigenvalue weighted by atomic mass is 9.88. The van der Waals surface area contributed by atoms with E-state index in [-0.39, 0.29) is 5.97 Å². The average molecular weight is 289 g/mol. The van der Waals surface area contributed by atoms with Crippen LogP contribution < -0.4 is 4.74 Å². The van der Waals surface area contributed by atoms with Gasteiger partial charge < -0.3 is 9.47 Å². The Bertz CT molecular complexity index is 556. The molecule has 1 rings (SSSR count). The van der Waals surface area contributed by atoms with Gasteiger partial charge in [-0.05, 0) is 63.8 Å². The number of nitriles is 1. The lowest BCUT2D eigenvalue weighted by molar-refractivity contribution is -0.151. The van der Waals surface area contributed by atoms with Crippen LogP contribution in [-0.4, -0.2) is 19.7 Å². The molecule has 0 radical (unpaired) electrons. The lowest BCUT2D eigenvalue weighted by Crippen LogP contribution is -2.26. The highest BCUT2D eigenvalue weighted by Gasteiger charge is 2.27. The van der Waals surface area contributed by atoms with Crippen LogP contribution in [0.2, 0.25) is 0 Å². The zero-order valence-corrected chi connectivity index (χ0v) is 13.4. The summed E-state index contributed by atoms with van der Waals surface area (Å²) in [5, 5.41) is 8.98. The van der Waals surface area contributed by atoms with E-state index < -0.39 is 5.41 Å². The molecule has 0 aliphatic rings. The predicted octanol–water partition coefficient (Wildman–Crippen LogP) is 3.53. The molecule has 0 heterocycles. The first kappa shape index (κ1) is 17.0. The molecule has 0 saturated carbocycles. The van der Waals surface area contributed by atoms with Crippen molar-refractivity contribution in [3.05, 3.63) is 28.8 Å². The summed E-state index contributed by atoms with van der Waals surface area (Å²) < 4.78 is 10.5. The van der Waals surface area contributed by atoms with Gasteiger partial charge in [-0.25, -0.2) is 0 Å². The molecule has 0 amide bonds. The maximum absolute atomic E-state index is 11.6. The van der Waals surface area contributed by atoms with Crippen molar-refractivity contribution in [1.82, 2.24) is 0 Å². The van der Waals surface area contributed by atoms with Crippen molar-refractivity contribution in [3.8, 4) is 11.8 Å². The summed E-state index contributed by atoms with van der Waals surface area (Å²) in [5.41, 5.74) is 2.04. The van der Waals surface area contributed by atoms with E-state index in [2.05, 4.69) is 6.07 Å². The van der Waals surface area contributed by atoms with Crippen LogP contribution in [0.4, 0.5) is 0 Å². The number of methoxy groups -OCH3 is 1. The molecule has 0 aliphatic heterocycles. The first-order chi connectivity index (χ1) is 9.81. The van der Waals surface area contributed by atoms with Crippen molar-refractivity contribution in [2.75, 3.05) is 13.7 Å². The molecule has 114 valence electrons. The first-order valence-electron chi connectivity index (χ1n) is 7.04. The minimum atomic E-state index is -0.492. The van der Waals surface area contributed by atoms with Gasteiger partial charge in [-0.3, -0.25) is 4.79 Å². The van der Waals surface area contributed by atoms with Gasteiger partial charge in [0.05, 0.1) is 30.8 Å². The molecule has 0 bridgehead atoms. The fourth-order valence-corrected chi connectivity index (χ4v) is 2.14. The quantitative estimate of drug-likeness (QED) is 0.593. The largest absolute Gasteiger partial charge is 0.493 e. The molecular formula is C17H23NO3. The van der Waals surface area contributed by atoms with Gasteiger partial charge in [0.2, 0.25) is 0 Å². The minimum Gasteiger partial charge on any atom is -0.493 e. The Balaban J connectivity index is 2.56. The van der Waals surface area contributed by atoms with Crippen LogP contribution >= 0.6 is 0 Å². The number of esters is 1. The second-order valence-electron chi connectivity index (χ2n) is 5.87. The molecule has 1 aromatic carbocycles. The van der Waals surface area contributed by atoms with Crippen LogP contribution in [0.15, 0.2) is 12.1 Å². The van der Waals surface area contributed by atoms with Gasteiger partial charge in [0, 0.05) is 0 Å². The number of hydrogen-bond acceptors (Lipinski definition) is 4. The summed E-state index contributed by atoms with van der Waals surface area (Å²) in [6.45, 7) is 8.09. The Hall–Kier alpha value is -2.02. The molecule has 21 heavy (non-hydrogen) atoms. The highest BCUT2D eigenvalue weighted by atomic mass is 16.5. The van der Waals surface area contributed by atoms with Gasteiger partial charge in [-0.1, -0.05) is 0 Å². The number of benzene rings is 1. The topological polar surface area (TPSA) is 59.3 Å². The highest BCUT2D eigenvalue weighted by molar-refractivity contribution is 5.75. The normalized spacial score (nSPS) is 10.9. The van der Waals surface area contributed by atoms with Crippen LogP contribution in [0.25, 0.3) is 0 Å². The predicted molar refractivity (Wildman–Crippen MR) is 81.2 cm³/mol. The van der Waals surface area contributed by atoms with Crippen LogP contribution in [0.3, 0.4) is 0 Å². The van der Waals surface area contributed by atoms with E-state index >= 15 is 0 Å². The summed E-state index contributed by atoms with van der Waals surface area (Å²) in [6.07, 6.45) is 1.47. The maximum Gasteiger partial charge on any atom is 0.311 e. The van der Waals surface area contributed by atoms with Crippen LogP contribution in [0.1, 0.15) is 43.4 Å². The van der Waals surface area contributed by atoms with Crippen molar-refractivity contribution in [3.63, 3.8) is 0 Å². The smallest absolute Gasteiger partial charge is 0.311 e. The molecule has 1 aromatic rings. The molecule has 0 N–H and O–H groups in total. The molecule has 0 aromatic heterocycles. The molecule has 0 atom stereocenters.